The first-order valence-corrected chi connectivity index (χ1v) is 17.3. The van der Waals surface area contributed by atoms with Crippen LogP contribution in [0.4, 0.5) is 0 Å². The smallest absolute Gasteiger partial charge is 0.313 e. The fourth-order valence-corrected chi connectivity index (χ4v) is 4.11. The average Bonchev–Trinajstić information content (AvgIpc) is 3.08. The third-order valence-corrected chi connectivity index (χ3v) is 6.77. The zero-order valence-electron chi connectivity index (χ0n) is 29.3. The summed E-state index contributed by atoms with van der Waals surface area (Å²) >= 11 is 0. The first-order chi connectivity index (χ1) is 23.3. The van der Waals surface area contributed by atoms with Crippen LogP contribution in [0.25, 0.3) is 0 Å². The van der Waals surface area contributed by atoms with Crippen LogP contribution in [0.1, 0.15) is 78.1 Å². The van der Waals surface area contributed by atoms with Crippen LogP contribution >= 0.6 is 0 Å². The Bertz CT molecular complexity index is 794. The Morgan fingerprint density at radius 2 is 1.02 bits per heavy atom. The van der Waals surface area contributed by atoms with E-state index in [0.29, 0.717) is 92.1 Å². The summed E-state index contributed by atoms with van der Waals surface area (Å²) in [6, 6.07) is 0. The van der Waals surface area contributed by atoms with Gasteiger partial charge in [0.05, 0.1) is 18.4 Å². The van der Waals surface area contributed by atoms with Gasteiger partial charge in [0.15, 0.2) is 0 Å². The van der Waals surface area contributed by atoms with Crippen molar-refractivity contribution < 1.29 is 67.5 Å². The fourth-order valence-electron chi connectivity index (χ4n) is 4.11. The fraction of sp³-hybridized carbons (Fsp3) is 0.853. The van der Waals surface area contributed by atoms with Crippen molar-refractivity contribution in [3.63, 3.8) is 0 Å². The number of hydrogen-bond donors (Lipinski definition) is 2. The molecule has 0 aromatic heterocycles. The highest BCUT2D eigenvalue weighted by Gasteiger charge is 2.26. The maximum absolute atomic E-state index is 12.4. The van der Waals surface area contributed by atoms with E-state index in [1.165, 1.54) is 0 Å². The number of Topliss-reactive ketones (excluding diaryl/α,β-unsaturated/α-hetero) is 1. The molecule has 0 saturated heterocycles. The molecule has 2 atom stereocenters. The van der Waals surface area contributed by atoms with Crippen LogP contribution in [0.3, 0.4) is 0 Å². The van der Waals surface area contributed by atoms with Gasteiger partial charge in [-0.05, 0) is 44.9 Å². The molecular weight excluding hydrogens is 632 g/mol. The van der Waals surface area contributed by atoms with E-state index in [9.17, 15) is 14.4 Å². The van der Waals surface area contributed by atoms with Gasteiger partial charge in [-0.1, -0.05) is 20.4 Å². The van der Waals surface area contributed by atoms with Crippen LogP contribution in [0, 0.1) is 11.8 Å². The highest BCUT2D eigenvalue weighted by atomic mass is 17.1. The number of ketones is 1. The molecule has 0 aromatic rings. The molecule has 0 rings (SSSR count). The Morgan fingerprint density at radius 3 is 1.40 bits per heavy atom. The molecule has 0 aliphatic rings. The van der Waals surface area contributed by atoms with Gasteiger partial charge in [-0.2, -0.15) is 0 Å². The summed E-state index contributed by atoms with van der Waals surface area (Å²) in [4.78, 5) is 40.3. The third-order valence-electron chi connectivity index (χ3n) is 6.77. The molecular formula is C34H62O14. The van der Waals surface area contributed by atoms with Crippen LogP contribution in [0.5, 0.6) is 0 Å². The van der Waals surface area contributed by atoms with Gasteiger partial charge in [0.25, 0.3) is 0 Å². The van der Waals surface area contributed by atoms with Crippen LogP contribution in [0.15, 0.2) is 12.3 Å². The summed E-state index contributed by atoms with van der Waals surface area (Å²) in [5.74, 6) is -2.60. The van der Waals surface area contributed by atoms with E-state index in [0.717, 1.165) is 32.1 Å². The van der Waals surface area contributed by atoms with Gasteiger partial charge < -0.3 is 47.9 Å². The second-order valence-corrected chi connectivity index (χ2v) is 11.2. The highest BCUT2D eigenvalue weighted by molar-refractivity contribution is 5.82. The summed E-state index contributed by atoms with van der Waals surface area (Å²) in [5, 5.41) is 17.1. The maximum atomic E-state index is 12.4. The Kier molecular flexibility index (Phi) is 33.1. The molecule has 0 aliphatic carbocycles. The predicted molar refractivity (Wildman–Crippen MR) is 176 cm³/mol. The Labute approximate surface area is 286 Å². The van der Waals surface area contributed by atoms with E-state index in [1.54, 1.807) is 13.8 Å². The lowest BCUT2D eigenvalue weighted by Crippen LogP contribution is -2.27. The number of hydrogen-bond acceptors (Lipinski definition) is 14. The van der Waals surface area contributed by atoms with Gasteiger partial charge >= 0.3 is 11.9 Å². The second-order valence-electron chi connectivity index (χ2n) is 11.2. The quantitative estimate of drug-likeness (QED) is 0.0315. The predicted octanol–water partition coefficient (Wildman–Crippen LogP) is 3.91. The van der Waals surface area contributed by atoms with E-state index < -0.39 is 23.8 Å². The third kappa shape index (κ3) is 29.9. The molecule has 0 radical (unpaired) electrons. The molecule has 48 heavy (non-hydrogen) atoms. The molecule has 14 nitrogen and oxygen atoms in total. The molecule has 0 saturated carbocycles. The van der Waals surface area contributed by atoms with Crippen molar-refractivity contribution in [3.8, 4) is 0 Å². The van der Waals surface area contributed by atoms with Gasteiger partial charge in [0.1, 0.15) is 24.6 Å². The van der Waals surface area contributed by atoms with Crippen LogP contribution in [-0.2, 0) is 57.2 Å². The highest BCUT2D eigenvalue weighted by Crippen LogP contribution is 2.18. The molecule has 0 spiro atoms. The van der Waals surface area contributed by atoms with Crippen molar-refractivity contribution in [1.82, 2.24) is 0 Å². The normalized spacial score (nSPS) is 12.4. The van der Waals surface area contributed by atoms with Crippen molar-refractivity contribution in [3.05, 3.63) is 12.3 Å². The monoisotopic (exact) mass is 694 g/mol. The Morgan fingerprint density at radius 1 is 0.625 bits per heavy atom. The molecule has 0 fully saturated rings. The van der Waals surface area contributed by atoms with Crippen molar-refractivity contribution in [2.45, 2.75) is 78.1 Å². The zero-order valence-corrected chi connectivity index (χ0v) is 29.3. The van der Waals surface area contributed by atoms with Gasteiger partial charge in [-0.15, -0.1) is 0 Å². The number of esters is 2. The van der Waals surface area contributed by atoms with Gasteiger partial charge in [0.2, 0.25) is 0 Å². The van der Waals surface area contributed by atoms with E-state index in [-0.39, 0.29) is 50.6 Å². The molecule has 282 valence electrons. The zero-order chi connectivity index (χ0) is 35.5. The summed E-state index contributed by atoms with van der Waals surface area (Å²) in [6.45, 7) is 14.4. The summed E-state index contributed by atoms with van der Waals surface area (Å²) in [6.07, 6.45) is 5.47. The summed E-state index contributed by atoms with van der Waals surface area (Å²) < 4.78 is 43.6. The van der Waals surface area contributed by atoms with Crippen molar-refractivity contribution in [2.75, 3.05) is 99.1 Å². The largest absolute Gasteiger partial charge is 0.465 e. The van der Waals surface area contributed by atoms with Crippen molar-refractivity contribution in [2.24, 2.45) is 11.8 Å². The Hall–Kier alpha value is -2.17. The van der Waals surface area contributed by atoms with E-state index in [4.69, 9.17) is 48.3 Å². The molecule has 0 aliphatic heterocycles. The van der Waals surface area contributed by atoms with E-state index in [1.807, 2.05) is 0 Å². The van der Waals surface area contributed by atoms with Gasteiger partial charge in [-0.25, -0.2) is 5.26 Å². The minimum absolute atomic E-state index is 0.123. The number of rotatable bonds is 37. The van der Waals surface area contributed by atoms with Crippen molar-refractivity contribution >= 4 is 17.7 Å². The molecule has 0 bridgehead atoms. The summed E-state index contributed by atoms with van der Waals surface area (Å²) in [7, 11) is 0. The van der Waals surface area contributed by atoms with Crippen molar-refractivity contribution in [1.29, 1.82) is 0 Å². The maximum Gasteiger partial charge on any atom is 0.313 e. The molecule has 2 N–H and O–H groups in total. The van der Waals surface area contributed by atoms with Crippen LogP contribution < -0.4 is 0 Å². The SMILES string of the molecule is C=C(CC(=O)OCC(CC(C)C(=O)OCCCOCCCOCCCOCCCOCCCOCCCOCCCO)C(=O)CC)OO. The lowest BCUT2D eigenvalue weighted by molar-refractivity contribution is -0.206. The lowest BCUT2D eigenvalue weighted by atomic mass is 9.92. The first kappa shape index (κ1) is 45.8. The number of ether oxygens (including phenoxy) is 8. The van der Waals surface area contributed by atoms with E-state index in [2.05, 4.69) is 11.5 Å². The molecule has 0 heterocycles. The second kappa shape index (κ2) is 34.7. The molecule has 2 unspecified atom stereocenters. The topological polar surface area (TPSA) is 175 Å². The summed E-state index contributed by atoms with van der Waals surface area (Å²) in [5.41, 5.74) is 0. The number of carbonyl (C=O) groups is 3. The minimum Gasteiger partial charge on any atom is -0.465 e. The van der Waals surface area contributed by atoms with Gasteiger partial charge in [-0.3, -0.25) is 14.4 Å². The average molecular weight is 695 g/mol. The first-order valence-electron chi connectivity index (χ1n) is 17.3. The molecule has 14 heteroatoms. The Balaban J connectivity index is 3.55. The number of aliphatic hydroxyl groups is 1. The van der Waals surface area contributed by atoms with Gasteiger partial charge in [0, 0.05) is 98.7 Å². The lowest BCUT2D eigenvalue weighted by Gasteiger charge is -2.19. The van der Waals surface area contributed by atoms with E-state index >= 15 is 0 Å². The number of aliphatic hydroxyl groups excluding tert-OH is 1. The molecule has 0 amide bonds. The van der Waals surface area contributed by atoms with Crippen LogP contribution in [-0.4, -0.2) is 127 Å². The molecule has 0 aromatic carbocycles. The standard InChI is InChI=1S/C34H62O14/c1-4-32(36)31(28-47-33(37)27-30(3)48-39)26-29(2)34(38)46-25-11-24-45-23-10-22-44-21-9-20-43-19-8-18-42-17-7-16-41-15-6-14-40-13-5-12-35/h29,31,35,39H,3-28H2,1-2H3. The minimum atomic E-state index is -0.692. The number of carbonyl (C=O) groups excluding carboxylic acids is 3. The van der Waals surface area contributed by atoms with Crippen LogP contribution in [0.2, 0.25) is 0 Å².